The Morgan fingerprint density at radius 3 is 2.88 bits per heavy atom. The molecule has 0 saturated heterocycles. The van der Waals surface area contributed by atoms with Gasteiger partial charge in [-0.25, -0.2) is 4.40 Å². The second-order valence-corrected chi connectivity index (χ2v) is 4.13. The van der Waals surface area contributed by atoms with Crippen molar-refractivity contribution in [3.63, 3.8) is 0 Å². The van der Waals surface area contributed by atoms with E-state index in [1.54, 1.807) is 26.2 Å². The second-order valence-electron chi connectivity index (χ2n) is 3.40. The molecule has 0 N–H and O–H groups in total. The molecular weight excluding hydrogens is 224 g/mol. The van der Waals surface area contributed by atoms with E-state index in [1.165, 1.54) is 0 Å². The molecule has 4 nitrogen and oxygen atoms in total. The third-order valence-corrected chi connectivity index (χ3v) is 3.07. The maximum Gasteiger partial charge on any atom is 0.127 e. The summed E-state index contributed by atoms with van der Waals surface area (Å²) in [5, 5.41) is 0. The monoisotopic (exact) mass is 238 g/mol. The molecule has 0 bridgehead atoms. The zero-order valence-corrected chi connectivity index (χ0v) is 10.2. The normalized spacial score (nSPS) is 14.2. The highest BCUT2D eigenvalue weighted by atomic mass is 32.2. The summed E-state index contributed by atoms with van der Waals surface area (Å²) in [5.74, 6) is 2.56. The zero-order valence-electron chi connectivity index (χ0n) is 9.34. The summed E-state index contributed by atoms with van der Waals surface area (Å²) in [7, 11) is 3.32. The van der Waals surface area contributed by atoms with Crippen LogP contribution in [-0.4, -0.2) is 31.3 Å². The molecule has 0 aliphatic carbocycles. The van der Waals surface area contributed by atoms with E-state index in [9.17, 15) is 0 Å². The highest BCUT2D eigenvalue weighted by Crippen LogP contribution is 2.26. The van der Waals surface area contributed by atoms with Crippen LogP contribution in [0.5, 0.6) is 11.5 Å². The molecule has 86 valence electrons. The minimum atomic E-state index is 0.809. The lowest BCUT2D eigenvalue weighted by molar-refractivity contribution is 0.384. The third-order valence-electron chi connectivity index (χ3n) is 2.38. The molecule has 1 aliphatic heterocycles. The van der Waals surface area contributed by atoms with Gasteiger partial charge in [0.2, 0.25) is 0 Å². The molecule has 1 heterocycles. The highest BCUT2D eigenvalue weighted by Gasteiger charge is 2.11. The molecule has 0 spiro atoms. The first-order valence-corrected chi connectivity index (χ1v) is 5.88. The van der Waals surface area contributed by atoms with Gasteiger partial charge in [-0.1, -0.05) is 0 Å². The Morgan fingerprint density at radius 2 is 2.25 bits per heavy atom. The Kier molecular flexibility index (Phi) is 3.56. The van der Waals surface area contributed by atoms with Crippen LogP contribution in [0.2, 0.25) is 0 Å². The van der Waals surface area contributed by atoms with E-state index >= 15 is 0 Å². The average molecular weight is 238 g/mol. The van der Waals surface area contributed by atoms with E-state index in [4.69, 9.17) is 9.47 Å². The van der Waals surface area contributed by atoms with Gasteiger partial charge < -0.3 is 14.4 Å². The molecule has 16 heavy (non-hydrogen) atoms. The Hall–Kier alpha value is -1.36. The van der Waals surface area contributed by atoms with Crippen molar-refractivity contribution in [1.82, 2.24) is 4.90 Å². The van der Waals surface area contributed by atoms with Gasteiger partial charge in [0.25, 0.3) is 0 Å². The molecule has 0 unspecified atom stereocenters. The fourth-order valence-corrected chi connectivity index (χ4v) is 2.10. The van der Waals surface area contributed by atoms with E-state index < -0.39 is 0 Å². The summed E-state index contributed by atoms with van der Waals surface area (Å²) in [6.45, 7) is 0.809. The van der Waals surface area contributed by atoms with Gasteiger partial charge in [-0.2, -0.15) is 0 Å². The first-order valence-electron chi connectivity index (χ1n) is 4.94. The van der Waals surface area contributed by atoms with Crippen molar-refractivity contribution in [3.05, 3.63) is 23.8 Å². The number of rotatable bonds is 4. The molecule has 0 aromatic heterocycles. The maximum atomic E-state index is 5.34. The van der Waals surface area contributed by atoms with Gasteiger partial charge in [0.15, 0.2) is 0 Å². The fraction of sp³-hybridized carbons (Fsp3) is 0.364. The number of methoxy groups -OCH3 is 2. The van der Waals surface area contributed by atoms with Gasteiger partial charge in [-0.3, -0.25) is 0 Å². The topological polar surface area (TPSA) is 34.1 Å². The number of nitrogens with zero attached hydrogens (tertiary/aromatic N) is 2. The zero-order chi connectivity index (χ0) is 11.4. The second kappa shape index (κ2) is 5.12. The van der Waals surface area contributed by atoms with Gasteiger partial charge in [-0.05, 0) is 24.1 Å². The summed E-state index contributed by atoms with van der Waals surface area (Å²) in [4.78, 5) is 2.13. The summed E-state index contributed by atoms with van der Waals surface area (Å²) in [6.07, 6.45) is 1.86. The van der Waals surface area contributed by atoms with E-state index in [0.29, 0.717) is 0 Å². The maximum absolute atomic E-state index is 5.34. The van der Waals surface area contributed by atoms with Crippen molar-refractivity contribution in [2.75, 3.05) is 20.1 Å². The van der Waals surface area contributed by atoms with Crippen LogP contribution in [0.15, 0.2) is 22.6 Å². The van der Waals surface area contributed by atoms with E-state index in [-0.39, 0.29) is 0 Å². The summed E-state index contributed by atoms with van der Waals surface area (Å²) < 4.78 is 14.6. The van der Waals surface area contributed by atoms with Crippen LogP contribution in [-0.2, 0) is 6.54 Å². The van der Waals surface area contributed by atoms with Crippen molar-refractivity contribution in [3.8, 4) is 11.5 Å². The number of hydrogen-bond donors (Lipinski definition) is 0. The SMILES string of the molecule is COc1ccc(CN2C=NSC2)c(OC)c1. The molecule has 0 fully saturated rings. The van der Waals surface area contributed by atoms with Crippen LogP contribution in [0.4, 0.5) is 0 Å². The van der Waals surface area contributed by atoms with Gasteiger partial charge in [-0.15, -0.1) is 0 Å². The van der Waals surface area contributed by atoms with Crippen molar-refractivity contribution < 1.29 is 9.47 Å². The molecule has 0 atom stereocenters. The van der Waals surface area contributed by atoms with Crippen molar-refractivity contribution in [2.45, 2.75) is 6.54 Å². The van der Waals surface area contributed by atoms with Gasteiger partial charge >= 0.3 is 0 Å². The highest BCUT2D eigenvalue weighted by molar-refractivity contribution is 7.98. The Morgan fingerprint density at radius 1 is 1.38 bits per heavy atom. The van der Waals surface area contributed by atoms with Crippen LogP contribution in [0, 0.1) is 0 Å². The average Bonchev–Trinajstić information content (AvgIpc) is 2.82. The molecule has 2 rings (SSSR count). The van der Waals surface area contributed by atoms with Crippen LogP contribution in [0.25, 0.3) is 0 Å². The van der Waals surface area contributed by atoms with Crippen LogP contribution < -0.4 is 9.47 Å². The van der Waals surface area contributed by atoms with E-state index in [1.807, 2.05) is 24.5 Å². The summed E-state index contributed by atoms with van der Waals surface area (Å²) in [5.41, 5.74) is 1.14. The predicted octanol–water partition coefficient (Wildman–Crippen LogP) is 2.15. The number of hydrogen-bond acceptors (Lipinski definition) is 5. The fourth-order valence-electron chi connectivity index (χ4n) is 1.53. The van der Waals surface area contributed by atoms with Crippen LogP contribution in [0.3, 0.4) is 0 Å². The minimum Gasteiger partial charge on any atom is -0.497 e. The van der Waals surface area contributed by atoms with Crippen molar-refractivity contribution >= 4 is 18.3 Å². The lowest BCUT2D eigenvalue weighted by atomic mass is 10.2. The van der Waals surface area contributed by atoms with Gasteiger partial charge in [0.05, 0.1) is 20.1 Å². The van der Waals surface area contributed by atoms with Crippen molar-refractivity contribution in [1.29, 1.82) is 0 Å². The number of ether oxygens (including phenoxy) is 2. The first-order chi connectivity index (χ1) is 7.83. The first kappa shape index (κ1) is 11.1. The van der Waals surface area contributed by atoms with Crippen LogP contribution >= 0.6 is 11.9 Å². The lowest BCUT2D eigenvalue weighted by Gasteiger charge is -2.16. The van der Waals surface area contributed by atoms with Crippen molar-refractivity contribution in [2.24, 2.45) is 4.40 Å². The largest absolute Gasteiger partial charge is 0.497 e. The summed E-state index contributed by atoms with van der Waals surface area (Å²) in [6, 6.07) is 5.86. The van der Waals surface area contributed by atoms with Gasteiger partial charge in [0, 0.05) is 18.2 Å². The smallest absolute Gasteiger partial charge is 0.127 e. The summed E-state index contributed by atoms with van der Waals surface area (Å²) >= 11 is 1.55. The van der Waals surface area contributed by atoms with E-state index in [0.717, 1.165) is 29.5 Å². The van der Waals surface area contributed by atoms with Gasteiger partial charge in [0.1, 0.15) is 17.8 Å². The standard InChI is InChI=1S/C11H14N2O2S/c1-14-10-4-3-9(11(5-10)15-2)6-13-7-12-16-8-13/h3-5,7H,6,8H2,1-2H3. The molecular formula is C11H14N2O2S. The quantitative estimate of drug-likeness (QED) is 0.753. The van der Waals surface area contributed by atoms with E-state index in [2.05, 4.69) is 9.30 Å². The lowest BCUT2D eigenvalue weighted by Crippen LogP contribution is -2.17. The number of benzene rings is 1. The molecule has 0 amide bonds. The molecule has 0 saturated carbocycles. The molecule has 0 radical (unpaired) electrons. The van der Waals surface area contributed by atoms with Crippen LogP contribution in [0.1, 0.15) is 5.56 Å². The Labute approximate surface area is 99.4 Å². The molecule has 1 aromatic carbocycles. The minimum absolute atomic E-state index is 0.809. The molecule has 1 aliphatic rings. The predicted molar refractivity (Wildman–Crippen MR) is 66.0 cm³/mol. The molecule has 5 heteroatoms. The molecule has 1 aromatic rings. The third kappa shape index (κ3) is 2.41. The Balaban J connectivity index is 2.15. The Bertz CT molecular complexity index is 396.